The summed E-state index contributed by atoms with van der Waals surface area (Å²) in [4.78, 5) is 21.9. The zero-order chi connectivity index (χ0) is 40.5. The first-order valence-corrected chi connectivity index (χ1v) is 23.4. The van der Waals surface area contributed by atoms with Crippen molar-refractivity contribution >= 4 is 35.0 Å². The topological polar surface area (TPSA) is 161 Å². The molecule has 8 nitrogen and oxygen atoms in total. The molecule has 0 spiro atoms. The second-order valence-electron chi connectivity index (χ2n) is 22.7. The third-order valence-corrected chi connectivity index (χ3v) is 20.4. The first-order valence-electron chi connectivity index (χ1n) is 23.4. The van der Waals surface area contributed by atoms with Gasteiger partial charge in [0.25, 0.3) is 0 Å². The summed E-state index contributed by atoms with van der Waals surface area (Å²) in [6, 6.07) is 0. The van der Waals surface area contributed by atoms with E-state index in [1.807, 2.05) is 0 Å². The van der Waals surface area contributed by atoms with Crippen molar-refractivity contribution in [1.29, 1.82) is 0 Å². The molecule has 320 valence electrons. The standard InChI is InChI=1S/2C24H40O4.Mg/c2*1-14(4-7-21(27)28)17-5-6-18-22-19(9-11-24(17,18)3)23(2)10-8-16(25)12-15(23)13-20(22)26;/h2*14-20,22,25-26H,4-13H2,1-3H3,(H,27,28);/q;;+2/p-2/t2*14-,15?,16-,17-,18?,19?,20-,22?,23+,24-;/m11./s1. The van der Waals surface area contributed by atoms with Crippen LogP contribution in [-0.4, -0.2) is 79.8 Å². The van der Waals surface area contributed by atoms with Crippen LogP contribution in [0.5, 0.6) is 0 Å². The van der Waals surface area contributed by atoms with Crippen molar-refractivity contribution in [2.45, 2.75) is 194 Å². The number of fused-ring (bicyclic) bond motifs is 10. The molecule has 0 aromatic carbocycles. The molecule has 0 heterocycles. The van der Waals surface area contributed by atoms with Gasteiger partial charge < -0.3 is 40.2 Å². The van der Waals surface area contributed by atoms with Gasteiger partial charge in [-0.25, -0.2) is 0 Å². The summed E-state index contributed by atoms with van der Waals surface area (Å²) < 4.78 is 0. The monoisotopic (exact) mass is 807 g/mol. The van der Waals surface area contributed by atoms with Crippen LogP contribution in [0.15, 0.2) is 0 Å². The van der Waals surface area contributed by atoms with Gasteiger partial charge in [0.15, 0.2) is 0 Å². The minimum absolute atomic E-state index is 0. The largest absolute Gasteiger partial charge is 2.00 e. The Morgan fingerprint density at radius 3 is 1.21 bits per heavy atom. The predicted octanol–water partition coefficient (Wildman–Crippen LogP) is 5.91. The molecule has 0 aliphatic heterocycles. The van der Waals surface area contributed by atoms with E-state index in [1.165, 1.54) is 51.4 Å². The molecule has 8 saturated carbocycles. The zero-order valence-electron chi connectivity index (χ0n) is 36.5. The smallest absolute Gasteiger partial charge is 0.550 e. The third kappa shape index (κ3) is 8.18. The number of carbonyl (C=O) groups is 2. The summed E-state index contributed by atoms with van der Waals surface area (Å²) in [6.45, 7) is 14.2. The number of carbonyl (C=O) groups excluding carboxylic acids is 2. The van der Waals surface area contributed by atoms with E-state index in [-0.39, 0.29) is 82.0 Å². The molecular formula is C48H78MgO8. The van der Waals surface area contributed by atoms with E-state index in [4.69, 9.17) is 0 Å². The Bertz CT molecular complexity index is 1320. The maximum atomic E-state index is 11.2. The van der Waals surface area contributed by atoms with Crippen molar-refractivity contribution in [2.24, 2.45) is 92.7 Å². The van der Waals surface area contributed by atoms with E-state index >= 15 is 0 Å². The molecule has 0 amide bonds. The molecule has 0 aromatic rings. The van der Waals surface area contributed by atoms with Crippen molar-refractivity contribution in [3.05, 3.63) is 0 Å². The molecule has 20 atom stereocenters. The molecule has 8 aliphatic carbocycles. The van der Waals surface area contributed by atoms with Crippen molar-refractivity contribution in [2.75, 3.05) is 0 Å². The van der Waals surface area contributed by atoms with E-state index < -0.39 is 11.9 Å². The van der Waals surface area contributed by atoms with Gasteiger partial charge in [0.2, 0.25) is 0 Å². The van der Waals surface area contributed by atoms with Gasteiger partial charge in [-0.15, -0.1) is 0 Å². The van der Waals surface area contributed by atoms with Crippen LogP contribution in [0.25, 0.3) is 0 Å². The summed E-state index contributed by atoms with van der Waals surface area (Å²) in [6.07, 6.45) is 17.8. The normalized spacial score (nSPS) is 50.8. The third-order valence-electron chi connectivity index (χ3n) is 20.4. The second kappa shape index (κ2) is 17.4. The van der Waals surface area contributed by atoms with Crippen LogP contribution in [0.3, 0.4) is 0 Å². The summed E-state index contributed by atoms with van der Waals surface area (Å²) in [5, 5.41) is 64.7. The van der Waals surface area contributed by atoms with E-state index in [9.17, 15) is 40.2 Å². The number of hydrogen-bond donors (Lipinski definition) is 4. The fourth-order valence-electron chi connectivity index (χ4n) is 17.4. The van der Waals surface area contributed by atoms with Crippen LogP contribution in [0.4, 0.5) is 0 Å². The quantitative estimate of drug-likeness (QED) is 0.221. The maximum Gasteiger partial charge on any atom is 2.00 e. The van der Waals surface area contributed by atoms with Gasteiger partial charge in [0.1, 0.15) is 0 Å². The first kappa shape index (κ1) is 46.1. The van der Waals surface area contributed by atoms with E-state index in [0.717, 1.165) is 51.4 Å². The van der Waals surface area contributed by atoms with Gasteiger partial charge in [0.05, 0.1) is 24.4 Å². The molecule has 8 unspecified atom stereocenters. The van der Waals surface area contributed by atoms with Crippen molar-refractivity contribution < 1.29 is 40.2 Å². The number of carboxylic acids is 2. The van der Waals surface area contributed by atoms with E-state index in [0.29, 0.717) is 83.9 Å². The van der Waals surface area contributed by atoms with Crippen LogP contribution in [0, 0.1) is 92.7 Å². The molecule has 9 heteroatoms. The van der Waals surface area contributed by atoms with Crippen molar-refractivity contribution in [3.63, 3.8) is 0 Å². The van der Waals surface area contributed by atoms with Crippen LogP contribution in [-0.2, 0) is 9.59 Å². The number of aliphatic hydroxyl groups is 4. The van der Waals surface area contributed by atoms with Gasteiger partial charge in [0, 0.05) is 11.9 Å². The first-order chi connectivity index (χ1) is 26.3. The SMILES string of the molecule is C[C@H](CCC(=O)[O-])[C@H]1CCC2C3C(CC[C@@]21C)[C@@]1(C)CC[C@@H](O)CC1C[C@H]3O.C[C@H](CCC(=O)[O-])[C@H]1CCC2C3C(CC[C@@]21C)[C@@]1(C)CC[C@@H](O)CC1C[C@H]3O.[Mg+2]. The van der Waals surface area contributed by atoms with Gasteiger partial charge >= 0.3 is 23.1 Å². The number of hydrogen-bond acceptors (Lipinski definition) is 8. The summed E-state index contributed by atoms with van der Waals surface area (Å²) >= 11 is 0. The number of aliphatic hydroxyl groups excluding tert-OH is 4. The van der Waals surface area contributed by atoms with Crippen LogP contribution < -0.4 is 10.2 Å². The Hall–Kier alpha value is -0.454. The van der Waals surface area contributed by atoms with Gasteiger partial charge in [-0.2, -0.15) is 0 Å². The Labute approximate surface area is 360 Å². The number of rotatable bonds is 8. The van der Waals surface area contributed by atoms with Gasteiger partial charge in [-0.05, 0) is 221 Å². The van der Waals surface area contributed by atoms with Crippen molar-refractivity contribution in [3.8, 4) is 0 Å². The molecule has 0 aromatic heterocycles. The van der Waals surface area contributed by atoms with Crippen LogP contribution in [0.2, 0.25) is 0 Å². The zero-order valence-corrected chi connectivity index (χ0v) is 37.9. The molecule has 4 N–H and O–H groups in total. The Kier molecular flexibility index (Phi) is 14.0. The molecule has 0 bridgehead atoms. The molecule has 8 rings (SSSR count). The predicted molar refractivity (Wildman–Crippen MR) is 218 cm³/mol. The molecule has 8 fully saturated rings. The molecule has 57 heavy (non-hydrogen) atoms. The average Bonchev–Trinajstić information content (AvgIpc) is 3.68. The molecular weight excluding hydrogens is 729 g/mol. The Morgan fingerprint density at radius 2 is 0.860 bits per heavy atom. The summed E-state index contributed by atoms with van der Waals surface area (Å²) in [7, 11) is 0. The van der Waals surface area contributed by atoms with E-state index in [2.05, 4.69) is 41.5 Å². The molecule has 0 saturated heterocycles. The van der Waals surface area contributed by atoms with Crippen LogP contribution in [0.1, 0.15) is 170 Å². The van der Waals surface area contributed by atoms with Crippen molar-refractivity contribution in [1.82, 2.24) is 0 Å². The molecule has 0 radical (unpaired) electrons. The maximum absolute atomic E-state index is 11.2. The number of carboxylic acid groups (broad SMARTS) is 2. The number of aliphatic carboxylic acids is 2. The fraction of sp³-hybridized carbons (Fsp3) is 0.958. The Morgan fingerprint density at radius 1 is 0.526 bits per heavy atom. The van der Waals surface area contributed by atoms with E-state index in [1.54, 1.807) is 0 Å². The average molecular weight is 807 g/mol. The minimum Gasteiger partial charge on any atom is -0.550 e. The Balaban J connectivity index is 0.000000189. The second-order valence-corrected chi connectivity index (χ2v) is 22.7. The fourth-order valence-corrected chi connectivity index (χ4v) is 17.4. The van der Waals surface area contributed by atoms with Crippen LogP contribution >= 0.6 is 0 Å². The van der Waals surface area contributed by atoms with Gasteiger partial charge in [-0.1, -0.05) is 41.5 Å². The molecule has 8 aliphatic rings. The summed E-state index contributed by atoms with van der Waals surface area (Å²) in [5.74, 6) is 3.99. The minimum atomic E-state index is -0.934. The summed E-state index contributed by atoms with van der Waals surface area (Å²) in [5.41, 5.74) is 0.988. The van der Waals surface area contributed by atoms with Gasteiger partial charge in [-0.3, -0.25) is 0 Å².